The Morgan fingerprint density at radius 1 is 1.46 bits per heavy atom. The van der Waals surface area contributed by atoms with Crippen LogP contribution in [0, 0.1) is 5.92 Å². The molecule has 1 rings (SSSR count). The third kappa shape index (κ3) is 3.12. The number of unbranched alkanes of at least 4 members (excludes halogenated alkanes) is 1. The molecular formula is C10H20ClNO. The summed E-state index contributed by atoms with van der Waals surface area (Å²) >= 11 is 5.62. The second-order valence-corrected chi connectivity index (χ2v) is 4.33. The number of hydrogen-bond donors (Lipinski definition) is 1. The van der Waals surface area contributed by atoms with Crippen molar-refractivity contribution in [3.63, 3.8) is 0 Å². The molecule has 2 nitrogen and oxygen atoms in total. The van der Waals surface area contributed by atoms with Crippen molar-refractivity contribution in [2.24, 2.45) is 5.92 Å². The van der Waals surface area contributed by atoms with Crippen molar-refractivity contribution < 1.29 is 5.11 Å². The molecule has 1 N–H and O–H groups in total. The highest BCUT2D eigenvalue weighted by molar-refractivity contribution is 6.17. The van der Waals surface area contributed by atoms with Crippen molar-refractivity contribution in [2.45, 2.75) is 32.2 Å². The number of hydrogen-bond acceptors (Lipinski definition) is 2. The van der Waals surface area contributed by atoms with E-state index in [1.54, 1.807) is 0 Å². The quantitative estimate of drug-likeness (QED) is 0.546. The first-order valence-electron chi connectivity index (χ1n) is 5.20. The summed E-state index contributed by atoms with van der Waals surface area (Å²) in [7, 11) is 0. The van der Waals surface area contributed by atoms with Crippen LogP contribution in [0.3, 0.4) is 0 Å². The molecule has 0 radical (unpaired) electrons. The number of alkyl halides is 1. The number of halogens is 1. The zero-order chi connectivity index (χ0) is 9.68. The van der Waals surface area contributed by atoms with Gasteiger partial charge in [-0.15, -0.1) is 11.6 Å². The second kappa shape index (κ2) is 5.84. The van der Waals surface area contributed by atoms with Crippen LogP contribution in [0.1, 0.15) is 26.2 Å². The SMILES string of the molecule is CC1CCN(CCCCCl)C1CO. The summed E-state index contributed by atoms with van der Waals surface area (Å²) in [6, 6.07) is 0.398. The highest BCUT2D eigenvalue weighted by Crippen LogP contribution is 2.23. The van der Waals surface area contributed by atoms with E-state index in [1.807, 2.05) is 0 Å². The third-order valence-electron chi connectivity index (χ3n) is 3.01. The summed E-state index contributed by atoms with van der Waals surface area (Å²) in [6.07, 6.45) is 3.48. The smallest absolute Gasteiger partial charge is 0.0589 e. The summed E-state index contributed by atoms with van der Waals surface area (Å²) in [6.45, 7) is 4.78. The lowest BCUT2D eigenvalue weighted by Crippen LogP contribution is -2.35. The fourth-order valence-electron chi connectivity index (χ4n) is 2.07. The van der Waals surface area contributed by atoms with Gasteiger partial charge in [0.2, 0.25) is 0 Å². The van der Waals surface area contributed by atoms with Gasteiger partial charge in [0, 0.05) is 11.9 Å². The Kier molecular flexibility index (Phi) is 5.07. The molecule has 78 valence electrons. The molecule has 1 heterocycles. The fraction of sp³-hybridized carbons (Fsp3) is 1.00. The molecule has 2 unspecified atom stereocenters. The second-order valence-electron chi connectivity index (χ2n) is 3.95. The van der Waals surface area contributed by atoms with Gasteiger partial charge < -0.3 is 5.11 Å². The minimum atomic E-state index is 0.308. The third-order valence-corrected chi connectivity index (χ3v) is 3.28. The molecule has 0 bridgehead atoms. The largest absolute Gasteiger partial charge is 0.395 e. The van der Waals surface area contributed by atoms with E-state index in [2.05, 4.69) is 11.8 Å². The molecule has 13 heavy (non-hydrogen) atoms. The Morgan fingerprint density at radius 2 is 2.23 bits per heavy atom. The van der Waals surface area contributed by atoms with Crippen LogP contribution < -0.4 is 0 Å². The summed E-state index contributed by atoms with van der Waals surface area (Å²) in [5.41, 5.74) is 0. The first kappa shape index (κ1) is 11.3. The topological polar surface area (TPSA) is 23.5 Å². The zero-order valence-electron chi connectivity index (χ0n) is 8.38. The zero-order valence-corrected chi connectivity index (χ0v) is 9.13. The van der Waals surface area contributed by atoms with Crippen LogP contribution in [-0.4, -0.2) is 41.6 Å². The Balaban J connectivity index is 2.24. The maximum Gasteiger partial charge on any atom is 0.0589 e. The number of nitrogens with zero attached hydrogens (tertiary/aromatic N) is 1. The van der Waals surface area contributed by atoms with Gasteiger partial charge in [-0.05, 0) is 38.3 Å². The molecule has 0 spiro atoms. The monoisotopic (exact) mass is 205 g/mol. The van der Waals surface area contributed by atoms with E-state index in [9.17, 15) is 5.11 Å². The van der Waals surface area contributed by atoms with Crippen LogP contribution in [0.2, 0.25) is 0 Å². The first-order valence-corrected chi connectivity index (χ1v) is 5.74. The molecule has 0 saturated carbocycles. The van der Waals surface area contributed by atoms with Crippen LogP contribution >= 0.6 is 11.6 Å². The average Bonchev–Trinajstić information content (AvgIpc) is 2.47. The summed E-state index contributed by atoms with van der Waals surface area (Å²) in [5.74, 6) is 1.41. The van der Waals surface area contributed by atoms with Gasteiger partial charge in [0.05, 0.1) is 6.61 Å². The molecule has 0 aliphatic carbocycles. The molecule has 1 fully saturated rings. The highest BCUT2D eigenvalue weighted by Gasteiger charge is 2.29. The molecular weight excluding hydrogens is 186 g/mol. The van der Waals surface area contributed by atoms with Crippen LogP contribution in [-0.2, 0) is 0 Å². The lowest BCUT2D eigenvalue weighted by Gasteiger charge is -2.24. The highest BCUT2D eigenvalue weighted by atomic mass is 35.5. The van der Waals surface area contributed by atoms with Gasteiger partial charge in [-0.25, -0.2) is 0 Å². The molecule has 1 aliphatic rings. The van der Waals surface area contributed by atoms with Crippen molar-refractivity contribution in [3.05, 3.63) is 0 Å². The van der Waals surface area contributed by atoms with Crippen molar-refractivity contribution in [2.75, 3.05) is 25.6 Å². The minimum absolute atomic E-state index is 0.308. The number of rotatable bonds is 5. The van der Waals surface area contributed by atoms with Crippen molar-refractivity contribution in [3.8, 4) is 0 Å². The van der Waals surface area contributed by atoms with Crippen molar-refractivity contribution in [1.82, 2.24) is 4.90 Å². The van der Waals surface area contributed by atoms with E-state index in [0.29, 0.717) is 18.6 Å². The normalized spacial score (nSPS) is 29.8. The Bertz CT molecular complexity index is 143. The standard InChI is InChI=1S/C10H20ClNO/c1-9-4-7-12(10(9)8-13)6-3-2-5-11/h9-10,13H,2-8H2,1H3. The van der Waals surface area contributed by atoms with Gasteiger partial charge in [-0.2, -0.15) is 0 Å². The molecule has 0 amide bonds. The van der Waals surface area contributed by atoms with Gasteiger partial charge in [0.15, 0.2) is 0 Å². The Labute approximate surface area is 85.9 Å². The van der Waals surface area contributed by atoms with Crippen LogP contribution in [0.4, 0.5) is 0 Å². The fourth-order valence-corrected chi connectivity index (χ4v) is 2.26. The van der Waals surface area contributed by atoms with E-state index >= 15 is 0 Å². The van der Waals surface area contributed by atoms with Crippen LogP contribution in [0.5, 0.6) is 0 Å². The predicted molar refractivity (Wildman–Crippen MR) is 56.2 cm³/mol. The minimum Gasteiger partial charge on any atom is -0.395 e. The van der Waals surface area contributed by atoms with E-state index in [4.69, 9.17) is 11.6 Å². The summed E-state index contributed by atoms with van der Waals surface area (Å²) in [5, 5.41) is 9.20. The number of aliphatic hydroxyl groups is 1. The molecule has 1 aliphatic heterocycles. The van der Waals surface area contributed by atoms with Crippen LogP contribution in [0.25, 0.3) is 0 Å². The van der Waals surface area contributed by atoms with Crippen molar-refractivity contribution >= 4 is 11.6 Å². The van der Waals surface area contributed by atoms with Crippen molar-refractivity contribution in [1.29, 1.82) is 0 Å². The van der Waals surface area contributed by atoms with E-state index in [0.717, 1.165) is 31.8 Å². The van der Waals surface area contributed by atoms with Gasteiger partial charge in [0.25, 0.3) is 0 Å². The number of likely N-dealkylation sites (tertiary alicyclic amines) is 1. The van der Waals surface area contributed by atoms with E-state index in [-0.39, 0.29) is 0 Å². The summed E-state index contributed by atoms with van der Waals surface area (Å²) in [4.78, 5) is 2.40. The van der Waals surface area contributed by atoms with E-state index < -0.39 is 0 Å². The van der Waals surface area contributed by atoms with E-state index in [1.165, 1.54) is 6.42 Å². The molecule has 3 heteroatoms. The Hall–Kier alpha value is 0.210. The van der Waals surface area contributed by atoms with Crippen LogP contribution in [0.15, 0.2) is 0 Å². The van der Waals surface area contributed by atoms with Gasteiger partial charge in [0.1, 0.15) is 0 Å². The van der Waals surface area contributed by atoms with Gasteiger partial charge in [-0.3, -0.25) is 4.90 Å². The maximum absolute atomic E-state index is 9.20. The first-order chi connectivity index (χ1) is 6.29. The maximum atomic E-state index is 9.20. The Morgan fingerprint density at radius 3 is 2.85 bits per heavy atom. The number of aliphatic hydroxyl groups excluding tert-OH is 1. The molecule has 0 aromatic carbocycles. The lowest BCUT2D eigenvalue weighted by atomic mass is 10.0. The predicted octanol–water partition coefficient (Wildman–Crippen LogP) is 1.71. The average molecular weight is 206 g/mol. The molecule has 0 aromatic rings. The lowest BCUT2D eigenvalue weighted by molar-refractivity contribution is 0.138. The molecule has 1 saturated heterocycles. The molecule has 2 atom stereocenters. The molecule has 0 aromatic heterocycles. The van der Waals surface area contributed by atoms with Gasteiger partial charge in [-0.1, -0.05) is 6.92 Å². The summed E-state index contributed by atoms with van der Waals surface area (Å²) < 4.78 is 0. The van der Waals surface area contributed by atoms with Gasteiger partial charge >= 0.3 is 0 Å².